The molecule has 1 N–H and O–H groups in total. The van der Waals surface area contributed by atoms with Crippen molar-refractivity contribution in [1.29, 1.82) is 0 Å². The summed E-state index contributed by atoms with van der Waals surface area (Å²) in [5.41, 5.74) is -0.149. The monoisotopic (exact) mass is 494 g/mol. The molecule has 2 aromatic rings. The summed E-state index contributed by atoms with van der Waals surface area (Å²) in [5, 5.41) is 13.9. The molecule has 1 spiro atoms. The fourth-order valence-electron chi connectivity index (χ4n) is 5.33. The fourth-order valence-corrected chi connectivity index (χ4v) is 5.33. The van der Waals surface area contributed by atoms with Gasteiger partial charge in [0.15, 0.2) is 5.41 Å². The standard InChI is InChI=1S/C26H30N4O6/c1-4-6-13-28-21-12-11-19(30(34)35)14-17(21)16-26(22(28)8-5-2)23(31)27-25(33)29(24(26)32)18-9-7-10-20(15-18)36-3/h7,9-12,14-15,22H,4-6,8,13,16H2,1-3H3,(H,27,31,33)/t22-,26-/m1/s1. The molecule has 10 nitrogen and oxygen atoms in total. The highest BCUT2D eigenvalue weighted by molar-refractivity contribution is 6.30. The van der Waals surface area contributed by atoms with Crippen LogP contribution >= 0.6 is 0 Å². The van der Waals surface area contributed by atoms with Gasteiger partial charge in [-0.1, -0.05) is 32.8 Å². The first-order valence-electron chi connectivity index (χ1n) is 12.2. The molecule has 2 aliphatic rings. The van der Waals surface area contributed by atoms with Gasteiger partial charge in [0.25, 0.3) is 11.6 Å². The van der Waals surface area contributed by atoms with E-state index in [0.717, 1.165) is 23.4 Å². The smallest absolute Gasteiger partial charge is 0.335 e. The Balaban J connectivity index is 1.91. The van der Waals surface area contributed by atoms with Gasteiger partial charge >= 0.3 is 6.03 Å². The lowest BCUT2D eigenvalue weighted by molar-refractivity contribution is -0.384. The molecule has 1 saturated heterocycles. The molecule has 1 fully saturated rings. The number of nitrogens with one attached hydrogen (secondary N) is 1. The van der Waals surface area contributed by atoms with Gasteiger partial charge in [0.05, 0.1) is 23.8 Å². The molecular weight excluding hydrogens is 464 g/mol. The van der Waals surface area contributed by atoms with Crippen molar-refractivity contribution in [2.24, 2.45) is 5.41 Å². The first kappa shape index (κ1) is 25.2. The summed E-state index contributed by atoms with van der Waals surface area (Å²) < 4.78 is 5.27. The van der Waals surface area contributed by atoms with Gasteiger partial charge in [-0.2, -0.15) is 0 Å². The number of hydrogen-bond acceptors (Lipinski definition) is 7. The number of imide groups is 2. The summed E-state index contributed by atoms with van der Waals surface area (Å²) in [7, 11) is 1.48. The lowest BCUT2D eigenvalue weighted by Gasteiger charge is -2.52. The molecule has 2 heterocycles. The lowest BCUT2D eigenvalue weighted by atomic mass is 9.67. The van der Waals surface area contributed by atoms with E-state index in [4.69, 9.17) is 4.74 Å². The molecule has 4 amide bonds. The number of amides is 4. The van der Waals surface area contributed by atoms with E-state index >= 15 is 0 Å². The Bertz CT molecular complexity index is 1210. The molecule has 0 aromatic heterocycles. The van der Waals surface area contributed by atoms with Crippen molar-refractivity contribution in [2.45, 2.75) is 52.0 Å². The van der Waals surface area contributed by atoms with E-state index in [1.54, 1.807) is 30.3 Å². The van der Waals surface area contributed by atoms with Crippen LogP contribution in [-0.4, -0.2) is 42.5 Å². The number of carbonyl (C=O) groups excluding carboxylic acids is 3. The average Bonchev–Trinajstić information content (AvgIpc) is 2.86. The second-order valence-corrected chi connectivity index (χ2v) is 9.17. The molecule has 2 aliphatic heterocycles. The van der Waals surface area contributed by atoms with Gasteiger partial charge in [-0.25, -0.2) is 9.69 Å². The molecule has 0 saturated carbocycles. The van der Waals surface area contributed by atoms with Crippen molar-refractivity contribution in [1.82, 2.24) is 5.32 Å². The third-order valence-corrected chi connectivity index (χ3v) is 7.04. The minimum Gasteiger partial charge on any atom is -0.497 e. The number of carbonyl (C=O) groups is 3. The van der Waals surface area contributed by atoms with Crippen molar-refractivity contribution in [3.8, 4) is 5.75 Å². The minimum absolute atomic E-state index is 0.0459. The molecule has 190 valence electrons. The number of barbiturate groups is 1. The summed E-state index contributed by atoms with van der Waals surface area (Å²) in [6.07, 6.45) is 2.88. The maximum absolute atomic E-state index is 14.3. The Kier molecular flexibility index (Phi) is 6.96. The third-order valence-electron chi connectivity index (χ3n) is 7.04. The van der Waals surface area contributed by atoms with Gasteiger partial charge < -0.3 is 9.64 Å². The number of methoxy groups -OCH3 is 1. The van der Waals surface area contributed by atoms with Crippen LogP contribution in [0.2, 0.25) is 0 Å². The number of nitro groups is 1. The largest absolute Gasteiger partial charge is 0.497 e. The van der Waals surface area contributed by atoms with E-state index in [9.17, 15) is 24.5 Å². The fraction of sp³-hybridized carbons (Fsp3) is 0.423. The number of ether oxygens (including phenoxy) is 1. The van der Waals surface area contributed by atoms with E-state index in [1.165, 1.54) is 19.2 Å². The highest BCUT2D eigenvalue weighted by atomic mass is 16.6. The van der Waals surface area contributed by atoms with E-state index < -0.39 is 34.2 Å². The second-order valence-electron chi connectivity index (χ2n) is 9.17. The van der Waals surface area contributed by atoms with Crippen LogP contribution < -0.4 is 19.9 Å². The predicted octanol–water partition coefficient (Wildman–Crippen LogP) is 4.20. The average molecular weight is 495 g/mol. The van der Waals surface area contributed by atoms with Crippen molar-refractivity contribution in [3.05, 3.63) is 58.1 Å². The van der Waals surface area contributed by atoms with Gasteiger partial charge in [0.2, 0.25) is 5.91 Å². The predicted molar refractivity (Wildman–Crippen MR) is 134 cm³/mol. The maximum Gasteiger partial charge on any atom is 0.335 e. The molecule has 10 heteroatoms. The molecule has 2 aromatic carbocycles. The highest BCUT2D eigenvalue weighted by Crippen LogP contribution is 2.47. The summed E-state index contributed by atoms with van der Waals surface area (Å²) in [6, 6.07) is 9.75. The number of unbranched alkanes of at least 4 members (excludes halogenated alkanes) is 1. The summed E-state index contributed by atoms with van der Waals surface area (Å²) in [5.74, 6) is -0.853. The number of nitro benzene ring substituents is 1. The molecule has 0 unspecified atom stereocenters. The Labute approximate surface area is 209 Å². The summed E-state index contributed by atoms with van der Waals surface area (Å²) >= 11 is 0. The molecule has 0 radical (unpaired) electrons. The zero-order valence-electron chi connectivity index (χ0n) is 20.7. The van der Waals surface area contributed by atoms with Crippen LogP contribution in [0.3, 0.4) is 0 Å². The number of urea groups is 1. The summed E-state index contributed by atoms with van der Waals surface area (Å²) in [4.78, 5) is 55.0. The molecule has 36 heavy (non-hydrogen) atoms. The van der Waals surface area contributed by atoms with Gasteiger partial charge in [0, 0.05) is 36.9 Å². The number of nitrogens with zero attached hydrogens (tertiary/aromatic N) is 3. The third kappa shape index (κ3) is 4.06. The van der Waals surface area contributed by atoms with Crippen LogP contribution in [0, 0.1) is 15.5 Å². The van der Waals surface area contributed by atoms with Gasteiger partial charge in [0.1, 0.15) is 5.75 Å². The Morgan fingerprint density at radius 3 is 2.58 bits per heavy atom. The first-order chi connectivity index (χ1) is 17.3. The van der Waals surface area contributed by atoms with Gasteiger partial charge in [-0.05, 0) is 36.6 Å². The lowest BCUT2D eigenvalue weighted by Crippen LogP contribution is -2.72. The Morgan fingerprint density at radius 2 is 1.92 bits per heavy atom. The number of anilines is 2. The summed E-state index contributed by atoms with van der Waals surface area (Å²) in [6.45, 7) is 4.60. The highest BCUT2D eigenvalue weighted by Gasteiger charge is 2.62. The Hall–Kier alpha value is -3.95. The number of rotatable bonds is 8. The SMILES string of the molecule is CCCCN1c2ccc([N+](=O)[O-])cc2C[C@]2(C(=O)NC(=O)N(c3cccc(OC)c3)C2=O)[C@H]1CCC. The number of hydrogen-bond donors (Lipinski definition) is 1. The number of benzene rings is 2. The van der Waals surface area contributed by atoms with Crippen LogP contribution in [0.5, 0.6) is 5.75 Å². The van der Waals surface area contributed by atoms with Gasteiger partial charge in [-0.3, -0.25) is 25.0 Å². The van der Waals surface area contributed by atoms with E-state index in [-0.39, 0.29) is 17.8 Å². The van der Waals surface area contributed by atoms with Crippen molar-refractivity contribution < 1.29 is 24.0 Å². The van der Waals surface area contributed by atoms with Crippen molar-refractivity contribution in [3.63, 3.8) is 0 Å². The molecule has 4 rings (SSSR count). The van der Waals surface area contributed by atoms with Crippen LogP contribution in [0.4, 0.5) is 21.9 Å². The topological polar surface area (TPSA) is 122 Å². The van der Waals surface area contributed by atoms with Crippen LogP contribution in [0.15, 0.2) is 42.5 Å². The maximum atomic E-state index is 14.3. The van der Waals surface area contributed by atoms with Crippen LogP contribution in [-0.2, 0) is 16.0 Å². The minimum atomic E-state index is -1.64. The number of non-ortho nitro benzene ring substituents is 1. The Morgan fingerprint density at radius 1 is 1.14 bits per heavy atom. The molecule has 2 atom stereocenters. The van der Waals surface area contributed by atoms with Crippen molar-refractivity contribution >= 4 is 34.9 Å². The zero-order chi connectivity index (χ0) is 26.0. The quantitative estimate of drug-likeness (QED) is 0.331. The van der Waals surface area contributed by atoms with Crippen LogP contribution in [0.1, 0.15) is 45.1 Å². The van der Waals surface area contributed by atoms with Gasteiger partial charge in [-0.15, -0.1) is 0 Å². The van der Waals surface area contributed by atoms with E-state index in [2.05, 4.69) is 5.32 Å². The normalized spacial score (nSPS) is 21.4. The molecule has 0 aliphatic carbocycles. The molecular formula is C26H30N4O6. The zero-order valence-corrected chi connectivity index (χ0v) is 20.7. The second kappa shape index (κ2) is 9.96. The van der Waals surface area contributed by atoms with E-state index in [0.29, 0.717) is 30.7 Å². The van der Waals surface area contributed by atoms with Crippen LogP contribution in [0.25, 0.3) is 0 Å². The first-order valence-corrected chi connectivity index (χ1v) is 12.2. The van der Waals surface area contributed by atoms with E-state index in [1.807, 2.05) is 18.7 Å². The molecule has 0 bridgehead atoms. The number of fused-ring (bicyclic) bond motifs is 1. The van der Waals surface area contributed by atoms with Crippen molar-refractivity contribution in [2.75, 3.05) is 23.5 Å².